The first-order chi connectivity index (χ1) is 14.6. The molecule has 2 atom stereocenters. The van der Waals surface area contributed by atoms with Crippen LogP contribution < -0.4 is 0 Å². The summed E-state index contributed by atoms with van der Waals surface area (Å²) < 4.78 is 5.36. The van der Waals surface area contributed by atoms with E-state index < -0.39 is 6.09 Å². The fraction of sp³-hybridized carbons (Fsp3) is 0.826. The van der Waals surface area contributed by atoms with Crippen LogP contribution in [0.25, 0.3) is 0 Å². The third-order valence-corrected chi connectivity index (χ3v) is 6.66. The maximum atomic E-state index is 12.6. The average Bonchev–Trinajstić information content (AvgIpc) is 3.41. The van der Waals surface area contributed by atoms with Gasteiger partial charge >= 0.3 is 6.09 Å². The van der Waals surface area contributed by atoms with Crippen LogP contribution in [-0.4, -0.2) is 65.1 Å². The van der Waals surface area contributed by atoms with Gasteiger partial charge in [0.25, 0.3) is 0 Å². The molecular weight excluding hydrogens is 384 g/mol. The van der Waals surface area contributed by atoms with E-state index in [0.29, 0.717) is 32.4 Å². The van der Waals surface area contributed by atoms with Crippen molar-refractivity contribution in [1.29, 1.82) is 0 Å². The van der Waals surface area contributed by atoms with E-state index in [1.54, 1.807) is 9.80 Å². The summed E-state index contributed by atoms with van der Waals surface area (Å²) in [6.45, 7) is 1.37. The van der Waals surface area contributed by atoms with Crippen molar-refractivity contribution < 1.29 is 23.9 Å². The molecule has 0 bridgehead atoms. The second-order valence-corrected chi connectivity index (χ2v) is 8.87. The third kappa shape index (κ3) is 6.05. The smallest absolute Gasteiger partial charge is 0.410 e. The van der Waals surface area contributed by atoms with Gasteiger partial charge in [-0.1, -0.05) is 25.7 Å². The molecule has 3 heterocycles. The number of hydrogen-bond donors (Lipinski definition) is 0. The molecule has 2 unspecified atom stereocenters. The predicted octanol–water partition coefficient (Wildman–Crippen LogP) is 3.63. The molecule has 7 nitrogen and oxygen atoms in total. The standard InChI is InChI=1S/C23H36N2O5/c26-20-12-5-3-1-2-4-6-13-21(27)19-11-8-16-25(19)23(29)30-17-9-14-22(28)24-15-7-10-18(20)24/h18-19H,1-17H2. The molecule has 3 rings (SSSR count). The van der Waals surface area contributed by atoms with Gasteiger partial charge in [-0.05, 0) is 44.9 Å². The molecule has 7 heteroatoms. The van der Waals surface area contributed by atoms with Gasteiger partial charge < -0.3 is 9.64 Å². The van der Waals surface area contributed by atoms with E-state index in [1.165, 1.54) is 0 Å². The first kappa shape index (κ1) is 22.8. The zero-order chi connectivity index (χ0) is 21.3. The Kier molecular flexibility index (Phi) is 8.70. The van der Waals surface area contributed by atoms with Crippen molar-refractivity contribution in [2.24, 2.45) is 0 Å². The summed E-state index contributed by atoms with van der Waals surface area (Å²) in [5, 5.41) is 0. The third-order valence-electron chi connectivity index (χ3n) is 6.66. The number of fused-ring (bicyclic) bond motifs is 2. The highest BCUT2D eigenvalue weighted by molar-refractivity contribution is 5.89. The molecule has 0 radical (unpaired) electrons. The van der Waals surface area contributed by atoms with Gasteiger partial charge in [0.15, 0.2) is 11.6 Å². The second-order valence-electron chi connectivity index (χ2n) is 8.87. The molecule has 0 aliphatic carbocycles. The van der Waals surface area contributed by atoms with Crippen LogP contribution in [0.15, 0.2) is 0 Å². The van der Waals surface area contributed by atoms with E-state index in [0.717, 1.165) is 64.2 Å². The quantitative estimate of drug-likeness (QED) is 0.597. The van der Waals surface area contributed by atoms with Crippen molar-refractivity contribution in [2.45, 2.75) is 102 Å². The maximum Gasteiger partial charge on any atom is 0.410 e. The second kappa shape index (κ2) is 11.5. The Morgan fingerprint density at radius 1 is 0.600 bits per heavy atom. The summed E-state index contributed by atoms with van der Waals surface area (Å²) in [6, 6.07) is -0.608. The van der Waals surface area contributed by atoms with Gasteiger partial charge in [-0.25, -0.2) is 4.79 Å². The first-order valence-electron chi connectivity index (χ1n) is 11.9. The predicted molar refractivity (Wildman–Crippen MR) is 112 cm³/mol. The largest absolute Gasteiger partial charge is 0.449 e. The number of carbonyl (C=O) groups is 4. The van der Waals surface area contributed by atoms with Gasteiger partial charge in [0, 0.05) is 32.4 Å². The topological polar surface area (TPSA) is 84.0 Å². The number of rotatable bonds is 0. The molecular formula is C23H36N2O5. The normalized spacial score (nSPS) is 28.8. The number of carbonyl (C=O) groups excluding carboxylic acids is 4. The van der Waals surface area contributed by atoms with Gasteiger partial charge in [-0.2, -0.15) is 0 Å². The van der Waals surface area contributed by atoms with Crippen LogP contribution in [0.5, 0.6) is 0 Å². The maximum absolute atomic E-state index is 12.6. The van der Waals surface area contributed by atoms with Crippen LogP contribution in [0.1, 0.15) is 89.9 Å². The first-order valence-corrected chi connectivity index (χ1v) is 11.9. The van der Waals surface area contributed by atoms with E-state index in [1.807, 2.05) is 0 Å². The lowest BCUT2D eigenvalue weighted by Gasteiger charge is -2.25. The minimum atomic E-state index is -0.443. The molecule has 3 aliphatic heterocycles. The molecule has 30 heavy (non-hydrogen) atoms. The lowest BCUT2D eigenvalue weighted by molar-refractivity contribution is -0.137. The van der Waals surface area contributed by atoms with E-state index in [4.69, 9.17) is 4.74 Å². The Morgan fingerprint density at radius 3 is 1.77 bits per heavy atom. The molecule has 3 aliphatic rings. The summed E-state index contributed by atoms with van der Waals surface area (Å²) in [7, 11) is 0. The molecule has 2 amide bonds. The minimum Gasteiger partial charge on any atom is -0.449 e. The fourth-order valence-corrected chi connectivity index (χ4v) is 4.97. The number of nitrogens with zero attached hydrogens (tertiary/aromatic N) is 2. The van der Waals surface area contributed by atoms with E-state index in [-0.39, 0.29) is 42.6 Å². The van der Waals surface area contributed by atoms with Gasteiger partial charge in [0.2, 0.25) is 5.91 Å². The lowest BCUT2D eigenvalue weighted by atomic mass is 10.0. The van der Waals surface area contributed by atoms with Gasteiger partial charge in [0.05, 0.1) is 18.7 Å². The van der Waals surface area contributed by atoms with Gasteiger partial charge in [0.1, 0.15) is 0 Å². The van der Waals surface area contributed by atoms with Crippen molar-refractivity contribution in [3.8, 4) is 0 Å². The monoisotopic (exact) mass is 420 g/mol. The number of hydrogen-bond acceptors (Lipinski definition) is 5. The molecule has 0 spiro atoms. The van der Waals surface area contributed by atoms with Crippen LogP contribution in [0.4, 0.5) is 4.79 Å². The Labute approximate surface area is 179 Å². The Hall–Kier alpha value is -1.92. The molecule has 0 aromatic rings. The summed E-state index contributed by atoms with van der Waals surface area (Å²) in [5.74, 6) is 0.303. The number of amides is 2. The Morgan fingerprint density at radius 2 is 1.13 bits per heavy atom. The number of cyclic esters (lactones) is 1. The molecule has 0 aromatic carbocycles. The van der Waals surface area contributed by atoms with Crippen LogP contribution in [-0.2, 0) is 19.1 Å². The highest BCUT2D eigenvalue weighted by atomic mass is 16.6. The number of Topliss-reactive ketones (excluding diaryl/α,β-unsaturated/α-hetero) is 2. The highest BCUT2D eigenvalue weighted by Crippen LogP contribution is 2.24. The van der Waals surface area contributed by atoms with E-state index in [2.05, 4.69) is 0 Å². The number of ether oxygens (including phenoxy) is 1. The average molecular weight is 421 g/mol. The molecule has 0 N–H and O–H groups in total. The molecule has 0 saturated carbocycles. The van der Waals surface area contributed by atoms with Gasteiger partial charge in [-0.3, -0.25) is 19.3 Å². The van der Waals surface area contributed by atoms with Crippen LogP contribution in [0.2, 0.25) is 0 Å². The molecule has 3 saturated heterocycles. The molecule has 3 fully saturated rings. The fourth-order valence-electron chi connectivity index (χ4n) is 4.97. The zero-order valence-electron chi connectivity index (χ0n) is 18.1. The van der Waals surface area contributed by atoms with Crippen molar-refractivity contribution in [3.05, 3.63) is 0 Å². The lowest BCUT2D eigenvalue weighted by Crippen LogP contribution is -2.41. The van der Waals surface area contributed by atoms with Crippen LogP contribution in [0, 0.1) is 0 Å². The Bertz CT molecular complexity index is 581. The van der Waals surface area contributed by atoms with Crippen molar-refractivity contribution in [3.63, 3.8) is 0 Å². The van der Waals surface area contributed by atoms with Crippen LogP contribution >= 0.6 is 0 Å². The summed E-state index contributed by atoms with van der Waals surface area (Å²) in [6.07, 6.45) is 10.4. The minimum absolute atomic E-state index is 0.0227. The van der Waals surface area contributed by atoms with Crippen LogP contribution in [0.3, 0.4) is 0 Å². The van der Waals surface area contributed by atoms with Crippen molar-refractivity contribution in [1.82, 2.24) is 9.80 Å². The summed E-state index contributed by atoms with van der Waals surface area (Å²) in [5.41, 5.74) is 0. The van der Waals surface area contributed by atoms with Crippen molar-refractivity contribution in [2.75, 3.05) is 19.7 Å². The van der Waals surface area contributed by atoms with Crippen molar-refractivity contribution >= 4 is 23.6 Å². The zero-order valence-corrected chi connectivity index (χ0v) is 18.1. The molecule has 0 aromatic heterocycles. The van der Waals surface area contributed by atoms with E-state index in [9.17, 15) is 19.2 Å². The van der Waals surface area contributed by atoms with Gasteiger partial charge in [-0.15, -0.1) is 0 Å². The van der Waals surface area contributed by atoms with E-state index >= 15 is 0 Å². The number of ketones is 2. The highest BCUT2D eigenvalue weighted by Gasteiger charge is 2.35. The SMILES string of the molecule is O=C1CCCCCCCCC(=O)C2CCCN2C(=O)OCCCC(=O)N2CCCC12. The summed E-state index contributed by atoms with van der Waals surface area (Å²) in [4.78, 5) is 53.5. The summed E-state index contributed by atoms with van der Waals surface area (Å²) >= 11 is 0. The molecule has 168 valence electrons. The Balaban J connectivity index is 1.57.